The molecule has 0 saturated heterocycles. The highest BCUT2D eigenvalue weighted by atomic mass is 16.6. The molecule has 1 aliphatic heterocycles. The summed E-state index contributed by atoms with van der Waals surface area (Å²) in [7, 11) is 3.10. The number of esters is 1. The SMILES string of the molecule is CCOc1ccccc1C=C1N=C(c2ccc(OC)c(OC)c2)OC1=O. The minimum atomic E-state index is -0.513. The molecule has 0 aliphatic carbocycles. The third-order valence-corrected chi connectivity index (χ3v) is 3.76. The van der Waals surface area contributed by atoms with Crippen molar-refractivity contribution in [2.24, 2.45) is 4.99 Å². The topological polar surface area (TPSA) is 66.3 Å². The highest BCUT2D eigenvalue weighted by molar-refractivity contribution is 6.13. The van der Waals surface area contributed by atoms with Gasteiger partial charge in [-0.25, -0.2) is 9.79 Å². The van der Waals surface area contributed by atoms with Gasteiger partial charge in [0.25, 0.3) is 0 Å². The number of carbonyl (C=O) groups excluding carboxylic acids is 1. The van der Waals surface area contributed by atoms with Gasteiger partial charge in [-0.1, -0.05) is 18.2 Å². The van der Waals surface area contributed by atoms with Crippen LogP contribution in [0, 0.1) is 0 Å². The molecule has 6 heteroatoms. The van der Waals surface area contributed by atoms with E-state index in [4.69, 9.17) is 18.9 Å². The van der Waals surface area contributed by atoms with Gasteiger partial charge in [0.1, 0.15) is 5.75 Å². The van der Waals surface area contributed by atoms with Crippen LogP contribution in [0.25, 0.3) is 6.08 Å². The Bertz CT molecular complexity index is 886. The third kappa shape index (κ3) is 3.54. The molecule has 2 aromatic rings. The summed E-state index contributed by atoms with van der Waals surface area (Å²) in [6.45, 7) is 2.44. The van der Waals surface area contributed by atoms with Crippen LogP contribution in [0.2, 0.25) is 0 Å². The molecule has 0 radical (unpaired) electrons. The first kappa shape index (κ1) is 17.5. The highest BCUT2D eigenvalue weighted by Crippen LogP contribution is 2.30. The number of aliphatic imine (C=N–C) groups is 1. The molecule has 0 atom stereocenters. The number of hydrogen-bond acceptors (Lipinski definition) is 6. The van der Waals surface area contributed by atoms with Crippen LogP contribution >= 0.6 is 0 Å². The van der Waals surface area contributed by atoms with E-state index in [1.807, 2.05) is 31.2 Å². The molecule has 2 aromatic carbocycles. The van der Waals surface area contributed by atoms with Gasteiger partial charge in [0, 0.05) is 11.1 Å². The number of cyclic esters (lactones) is 1. The van der Waals surface area contributed by atoms with Crippen LogP contribution in [0.5, 0.6) is 17.2 Å². The Morgan fingerprint density at radius 1 is 1.04 bits per heavy atom. The molecule has 0 bridgehead atoms. The van der Waals surface area contributed by atoms with Crippen molar-refractivity contribution in [1.82, 2.24) is 0 Å². The smallest absolute Gasteiger partial charge is 0.363 e. The van der Waals surface area contributed by atoms with E-state index in [-0.39, 0.29) is 11.6 Å². The first-order chi connectivity index (χ1) is 12.7. The number of carbonyl (C=O) groups is 1. The molecule has 0 fully saturated rings. The largest absolute Gasteiger partial charge is 0.493 e. The summed E-state index contributed by atoms with van der Waals surface area (Å²) >= 11 is 0. The quantitative estimate of drug-likeness (QED) is 0.588. The average Bonchev–Trinajstić information content (AvgIpc) is 3.03. The summed E-state index contributed by atoms with van der Waals surface area (Å²) in [4.78, 5) is 16.5. The number of ether oxygens (including phenoxy) is 4. The lowest BCUT2D eigenvalue weighted by atomic mass is 10.1. The van der Waals surface area contributed by atoms with Gasteiger partial charge in [0.2, 0.25) is 5.90 Å². The molecule has 0 amide bonds. The van der Waals surface area contributed by atoms with Gasteiger partial charge in [-0.3, -0.25) is 0 Å². The molecule has 3 rings (SSSR count). The molecule has 0 unspecified atom stereocenters. The molecule has 1 aliphatic rings. The van der Waals surface area contributed by atoms with Crippen molar-refractivity contribution in [2.45, 2.75) is 6.92 Å². The molecule has 26 heavy (non-hydrogen) atoms. The Labute approximate surface area is 151 Å². The lowest BCUT2D eigenvalue weighted by molar-refractivity contribution is -0.129. The van der Waals surface area contributed by atoms with Gasteiger partial charge >= 0.3 is 5.97 Å². The zero-order valence-electron chi connectivity index (χ0n) is 14.8. The second kappa shape index (κ2) is 7.74. The van der Waals surface area contributed by atoms with Gasteiger partial charge in [-0.15, -0.1) is 0 Å². The van der Waals surface area contributed by atoms with Crippen molar-refractivity contribution in [2.75, 3.05) is 20.8 Å². The van der Waals surface area contributed by atoms with Gasteiger partial charge in [-0.05, 0) is 37.3 Å². The molecular weight excluding hydrogens is 334 g/mol. The summed E-state index contributed by atoms with van der Waals surface area (Å²) in [5.74, 6) is 1.51. The van der Waals surface area contributed by atoms with Crippen molar-refractivity contribution in [1.29, 1.82) is 0 Å². The molecule has 134 valence electrons. The summed E-state index contributed by atoms with van der Waals surface area (Å²) in [5.41, 5.74) is 1.60. The Morgan fingerprint density at radius 3 is 2.54 bits per heavy atom. The second-order valence-electron chi connectivity index (χ2n) is 5.38. The Kier molecular flexibility index (Phi) is 5.22. The zero-order chi connectivity index (χ0) is 18.5. The van der Waals surface area contributed by atoms with E-state index < -0.39 is 5.97 Å². The van der Waals surface area contributed by atoms with Crippen LogP contribution in [0.3, 0.4) is 0 Å². The van der Waals surface area contributed by atoms with E-state index in [2.05, 4.69) is 4.99 Å². The predicted molar refractivity (Wildman–Crippen MR) is 97.8 cm³/mol. The van der Waals surface area contributed by atoms with Crippen LogP contribution in [0.4, 0.5) is 0 Å². The normalized spacial score (nSPS) is 14.8. The molecular formula is C20H19NO5. The maximum Gasteiger partial charge on any atom is 0.363 e. The Balaban J connectivity index is 1.95. The Hall–Kier alpha value is -3.28. The fourth-order valence-corrected chi connectivity index (χ4v) is 2.54. The van der Waals surface area contributed by atoms with Crippen LogP contribution in [-0.4, -0.2) is 32.7 Å². The molecule has 0 N–H and O–H groups in total. The van der Waals surface area contributed by atoms with E-state index >= 15 is 0 Å². The second-order valence-corrected chi connectivity index (χ2v) is 5.38. The molecule has 0 saturated carbocycles. The summed E-state index contributed by atoms with van der Waals surface area (Å²) in [5, 5.41) is 0. The van der Waals surface area contributed by atoms with E-state index in [9.17, 15) is 4.79 Å². The molecule has 6 nitrogen and oxygen atoms in total. The van der Waals surface area contributed by atoms with Gasteiger partial charge in [0.05, 0.1) is 20.8 Å². The number of para-hydroxylation sites is 1. The summed E-state index contributed by atoms with van der Waals surface area (Å²) < 4.78 is 21.4. The van der Waals surface area contributed by atoms with Crippen molar-refractivity contribution in [3.05, 3.63) is 59.3 Å². The fourth-order valence-electron chi connectivity index (χ4n) is 2.54. The number of hydrogen-bond donors (Lipinski definition) is 0. The summed E-state index contributed by atoms with van der Waals surface area (Å²) in [6, 6.07) is 12.6. The first-order valence-electron chi connectivity index (χ1n) is 8.13. The minimum absolute atomic E-state index is 0.210. The number of methoxy groups -OCH3 is 2. The fraction of sp³-hybridized carbons (Fsp3) is 0.200. The predicted octanol–water partition coefficient (Wildman–Crippen LogP) is 3.45. The summed E-state index contributed by atoms with van der Waals surface area (Å²) in [6.07, 6.45) is 1.65. The minimum Gasteiger partial charge on any atom is -0.493 e. The van der Waals surface area contributed by atoms with E-state index in [0.29, 0.717) is 29.4 Å². The van der Waals surface area contributed by atoms with Crippen molar-refractivity contribution >= 4 is 17.9 Å². The Morgan fingerprint density at radius 2 is 1.81 bits per heavy atom. The molecule has 0 aromatic heterocycles. The monoisotopic (exact) mass is 353 g/mol. The average molecular weight is 353 g/mol. The van der Waals surface area contributed by atoms with Crippen molar-refractivity contribution in [3.8, 4) is 17.2 Å². The zero-order valence-corrected chi connectivity index (χ0v) is 14.8. The number of nitrogens with zero attached hydrogens (tertiary/aromatic N) is 1. The van der Waals surface area contributed by atoms with E-state index in [1.165, 1.54) is 0 Å². The van der Waals surface area contributed by atoms with Crippen LogP contribution in [-0.2, 0) is 9.53 Å². The van der Waals surface area contributed by atoms with Gasteiger partial charge < -0.3 is 18.9 Å². The van der Waals surface area contributed by atoms with Gasteiger partial charge in [-0.2, -0.15) is 0 Å². The number of rotatable bonds is 6. The van der Waals surface area contributed by atoms with Crippen molar-refractivity contribution in [3.63, 3.8) is 0 Å². The standard InChI is InChI=1S/C20H19NO5/c1-4-25-16-8-6-5-7-13(16)11-15-20(22)26-19(21-15)14-9-10-17(23-2)18(12-14)24-3/h5-12H,4H2,1-3H3. The molecule has 0 spiro atoms. The maximum absolute atomic E-state index is 12.2. The van der Waals surface area contributed by atoms with Crippen molar-refractivity contribution < 1.29 is 23.7 Å². The lowest BCUT2D eigenvalue weighted by Gasteiger charge is -2.08. The van der Waals surface area contributed by atoms with Crippen LogP contribution in [0.15, 0.2) is 53.2 Å². The maximum atomic E-state index is 12.2. The number of benzene rings is 2. The van der Waals surface area contributed by atoms with Gasteiger partial charge in [0.15, 0.2) is 17.2 Å². The highest BCUT2D eigenvalue weighted by Gasteiger charge is 2.25. The molecule has 1 heterocycles. The van der Waals surface area contributed by atoms with E-state index in [0.717, 1.165) is 5.56 Å². The van der Waals surface area contributed by atoms with Crippen LogP contribution < -0.4 is 14.2 Å². The van der Waals surface area contributed by atoms with E-state index in [1.54, 1.807) is 38.5 Å². The van der Waals surface area contributed by atoms with Crippen LogP contribution in [0.1, 0.15) is 18.1 Å². The lowest BCUT2D eigenvalue weighted by Crippen LogP contribution is -2.06. The third-order valence-electron chi connectivity index (χ3n) is 3.76. The first-order valence-corrected chi connectivity index (χ1v) is 8.13.